The van der Waals surface area contributed by atoms with Crippen LogP contribution in [0.5, 0.6) is 0 Å². The SMILES string of the molecule is Cl.Cl.[CH3][Zr]([CH3])(=[SiH2])([CH]1C(c2ccco2)=Cc2c(-c3cccc4ccccc34)cccc21)[CH]1C(c2ccco2)=Cc2c(-c3cccc4ccccc34)cccc21. The van der Waals surface area contributed by atoms with Crippen molar-refractivity contribution in [3.63, 3.8) is 0 Å². The van der Waals surface area contributed by atoms with Crippen LogP contribution >= 0.6 is 24.8 Å². The van der Waals surface area contributed by atoms with Crippen molar-refractivity contribution in [1.82, 2.24) is 0 Å². The van der Waals surface area contributed by atoms with E-state index in [1.165, 1.54) is 77.2 Å². The van der Waals surface area contributed by atoms with Gasteiger partial charge in [0.05, 0.1) is 0 Å². The van der Waals surface area contributed by atoms with Crippen molar-refractivity contribution in [2.45, 2.75) is 16.5 Å². The Kier molecular flexibility index (Phi) is 9.26. The van der Waals surface area contributed by atoms with Gasteiger partial charge in [0, 0.05) is 0 Å². The fourth-order valence-electron chi connectivity index (χ4n) is 9.72. The number of hydrogen-bond donors (Lipinski definition) is 0. The third-order valence-electron chi connectivity index (χ3n) is 11.8. The van der Waals surface area contributed by atoms with Crippen LogP contribution in [0.2, 0.25) is 9.26 Å². The van der Waals surface area contributed by atoms with Crippen LogP contribution in [-0.2, 0) is 17.4 Å². The van der Waals surface area contributed by atoms with Crippen LogP contribution in [0.1, 0.15) is 41.0 Å². The van der Waals surface area contributed by atoms with Crippen LogP contribution in [0.15, 0.2) is 167 Å². The Labute approximate surface area is 330 Å². The van der Waals surface area contributed by atoms with Gasteiger partial charge in [-0.25, -0.2) is 0 Å². The van der Waals surface area contributed by atoms with Gasteiger partial charge in [0.2, 0.25) is 0 Å². The van der Waals surface area contributed by atoms with Crippen LogP contribution in [0.3, 0.4) is 0 Å². The van der Waals surface area contributed by atoms with E-state index in [1.54, 1.807) is 0 Å². The second kappa shape index (κ2) is 13.7. The van der Waals surface area contributed by atoms with Gasteiger partial charge in [-0.15, -0.1) is 24.8 Å². The summed E-state index contributed by atoms with van der Waals surface area (Å²) < 4.78 is 18.4. The van der Waals surface area contributed by atoms with E-state index >= 15 is 0 Å². The minimum atomic E-state index is -4.16. The maximum absolute atomic E-state index is 6.32. The Morgan fingerprint density at radius 1 is 0.444 bits per heavy atom. The average molecular weight is 839 g/mol. The molecule has 0 bridgehead atoms. The van der Waals surface area contributed by atoms with E-state index in [2.05, 4.69) is 162 Å². The van der Waals surface area contributed by atoms with E-state index in [0.29, 0.717) is 0 Å². The van der Waals surface area contributed by atoms with E-state index in [4.69, 9.17) is 8.83 Å². The number of benzene rings is 6. The summed E-state index contributed by atoms with van der Waals surface area (Å²) in [7, 11) is 0. The van der Waals surface area contributed by atoms with E-state index in [1.807, 2.05) is 24.7 Å². The van der Waals surface area contributed by atoms with Crippen molar-refractivity contribution in [3.05, 3.63) is 192 Å². The predicted octanol–water partition coefficient (Wildman–Crippen LogP) is 13.6. The Hall–Kier alpha value is -4.44. The molecule has 0 saturated carbocycles. The third-order valence-corrected chi connectivity index (χ3v) is 29.0. The van der Waals surface area contributed by atoms with Crippen LogP contribution in [0.25, 0.3) is 67.1 Å². The van der Waals surface area contributed by atoms with Crippen LogP contribution in [0.4, 0.5) is 0 Å². The van der Waals surface area contributed by atoms with Crippen molar-refractivity contribution < 1.29 is 26.2 Å². The van der Waals surface area contributed by atoms with Gasteiger partial charge in [-0.1, -0.05) is 0 Å². The molecule has 6 heteroatoms. The molecule has 2 nitrogen and oxygen atoms in total. The van der Waals surface area contributed by atoms with Crippen molar-refractivity contribution >= 4 is 76.5 Å². The molecule has 2 aliphatic rings. The fraction of sp³-hybridized carbons (Fsp3) is 0.0833. The summed E-state index contributed by atoms with van der Waals surface area (Å²) in [5.41, 5.74) is 13.2. The van der Waals surface area contributed by atoms with Gasteiger partial charge in [0.15, 0.2) is 0 Å². The summed E-state index contributed by atoms with van der Waals surface area (Å²) in [5.74, 6) is 1.93. The molecule has 266 valence electrons. The fourth-order valence-corrected chi connectivity index (χ4v) is 28.1. The molecule has 0 aliphatic heterocycles. The first kappa shape index (κ1) is 36.5. The molecule has 2 aliphatic carbocycles. The molecule has 0 saturated heterocycles. The van der Waals surface area contributed by atoms with Crippen molar-refractivity contribution in [2.24, 2.45) is 0 Å². The molecule has 10 rings (SSSR count). The normalized spacial score (nSPS) is 16.3. The topological polar surface area (TPSA) is 26.3 Å². The standard InChI is InChI=1S/2C23H15O.2CH3.2ClH.H2Si.Zr/c2*1-2-9-19-16(6-1)7-3-10-20(19)21-11-4-8-17-14-18(15-22(17)21)23-12-5-13-24-23;;;;;;/h2*1-15H;2*1H3;2*1H;1H2;. The molecule has 2 aromatic heterocycles. The van der Waals surface area contributed by atoms with E-state index in [9.17, 15) is 0 Å². The van der Waals surface area contributed by atoms with Crippen molar-refractivity contribution in [2.75, 3.05) is 0 Å². The van der Waals surface area contributed by atoms with E-state index in [0.717, 1.165) is 11.5 Å². The minimum absolute atomic E-state index is 0. The van der Waals surface area contributed by atoms with Gasteiger partial charge in [-0.2, -0.15) is 0 Å². The van der Waals surface area contributed by atoms with Gasteiger partial charge in [0.1, 0.15) is 0 Å². The van der Waals surface area contributed by atoms with Crippen molar-refractivity contribution in [1.29, 1.82) is 0 Å². The summed E-state index contributed by atoms with van der Waals surface area (Å²) in [6, 6.07) is 53.2. The summed E-state index contributed by atoms with van der Waals surface area (Å²) in [6.07, 6.45) is 8.57. The molecule has 0 fully saturated rings. The molecule has 0 amide bonds. The molecule has 0 spiro atoms. The zero-order chi connectivity index (χ0) is 35.1. The number of fused-ring (bicyclic) bond motifs is 4. The quantitative estimate of drug-likeness (QED) is 0.156. The average Bonchev–Trinajstić information content (AvgIpc) is 4.00. The molecular weight excluding hydrogens is 799 g/mol. The molecule has 6 aromatic carbocycles. The van der Waals surface area contributed by atoms with Crippen LogP contribution in [0, 0.1) is 0 Å². The maximum atomic E-state index is 6.32. The molecule has 2 unspecified atom stereocenters. The second-order valence-corrected chi connectivity index (χ2v) is 46.1. The molecule has 0 N–H and O–H groups in total. The number of furan rings is 2. The molecule has 54 heavy (non-hydrogen) atoms. The monoisotopic (exact) mass is 836 g/mol. The number of allylic oxidation sites excluding steroid dienone is 2. The second-order valence-electron chi connectivity index (χ2n) is 15.6. The number of rotatable bonds is 6. The third kappa shape index (κ3) is 5.61. The predicted molar refractivity (Wildman–Crippen MR) is 232 cm³/mol. The number of hydrogen-bond acceptors (Lipinski definition) is 2. The van der Waals surface area contributed by atoms with Gasteiger partial charge in [-0.05, 0) is 0 Å². The van der Waals surface area contributed by atoms with E-state index in [-0.39, 0.29) is 32.1 Å². The number of halogens is 2. The summed E-state index contributed by atoms with van der Waals surface area (Å²) >= 11 is -4.16. The Morgan fingerprint density at radius 2 is 0.833 bits per heavy atom. The summed E-state index contributed by atoms with van der Waals surface area (Å²) in [6.45, 7) is 2.35. The van der Waals surface area contributed by atoms with Gasteiger partial charge in [-0.3, -0.25) is 0 Å². The molecule has 8 aromatic rings. The Morgan fingerprint density at radius 3 is 1.26 bits per heavy atom. The van der Waals surface area contributed by atoms with E-state index < -0.39 is 17.4 Å². The van der Waals surface area contributed by atoms with Gasteiger partial charge >= 0.3 is 309 Å². The van der Waals surface area contributed by atoms with Crippen LogP contribution < -0.4 is 0 Å². The van der Waals surface area contributed by atoms with Gasteiger partial charge < -0.3 is 0 Å². The van der Waals surface area contributed by atoms with Crippen molar-refractivity contribution in [3.8, 4) is 22.3 Å². The Bertz CT molecular complexity index is 2640. The van der Waals surface area contributed by atoms with Gasteiger partial charge in [0.25, 0.3) is 0 Å². The molecular formula is C48H40Cl2O2SiZr. The first-order valence-corrected chi connectivity index (χ1v) is 31.8. The molecule has 2 heterocycles. The first-order chi connectivity index (χ1) is 25.4. The first-order valence-electron chi connectivity index (χ1n) is 18.2. The summed E-state index contributed by atoms with van der Waals surface area (Å²) in [5, 5.41) is 5.07. The zero-order valence-corrected chi connectivity index (χ0v) is 35.7. The Balaban J connectivity index is 0.00000207. The molecule has 0 radical (unpaired) electrons. The zero-order valence-electron chi connectivity index (χ0n) is 30.2. The molecule has 2 atom stereocenters. The van der Waals surface area contributed by atoms with Crippen LogP contribution in [-0.4, -0.2) is 6.88 Å². The summed E-state index contributed by atoms with van der Waals surface area (Å²) in [4.78, 5) is 0.